The highest BCUT2D eigenvalue weighted by molar-refractivity contribution is 7.88. The first-order valence-electron chi connectivity index (χ1n) is 13.8. The number of anilines is 1. The molecule has 2 atom stereocenters. The number of hydrogen-bond donors (Lipinski definition) is 1. The molecule has 1 saturated heterocycles. The second kappa shape index (κ2) is 12.1. The summed E-state index contributed by atoms with van der Waals surface area (Å²) in [5.41, 5.74) is 3.66. The number of aryl methyl sites for hydroxylation is 2. The maximum Gasteiger partial charge on any atom is 0.412 e. The SMILES string of the molecule is COc1cnc2c(-c3nc4cc(F)c(O[C@@H]5CN(S(C)(=O)=O)CC[C@@H]5OC(=O)Nc5cnc(C)nc5)cc4s3)cc(C)cc2n1. The number of benzene rings is 2. The van der Waals surface area contributed by atoms with E-state index in [1.54, 1.807) is 6.92 Å². The van der Waals surface area contributed by atoms with Crippen LogP contribution in [0.4, 0.5) is 14.9 Å². The summed E-state index contributed by atoms with van der Waals surface area (Å²) in [6.45, 7) is 3.59. The van der Waals surface area contributed by atoms with Gasteiger partial charge in [-0.25, -0.2) is 42.5 Å². The van der Waals surface area contributed by atoms with Crippen molar-refractivity contribution in [2.45, 2.75) is 32.5 Å². The molecule has 234 valence electrons. The van der Waals surface area contributed by atoms with Crippen LogP contribution in [0.15, 0.2) is 42.9 Å². The molecule has 1 fully saturated rings. The Balaban J connectivity index is 1.29. The highest BCUT2D eigenvalue weighted by Crippen LogP contribution is 2.37. The van der Waals surface area contributed by atoms with Crippen LogP contribution in [0.5, 0.6) is 11.6 Å². The third kappa shape index (κ3) is 6.62. The minimum Gasteiger partial charge on any atom is -0.482 e. The fraction of sp³-hybridized carbons (Fsp3) is 0.310. The van der Waals surface area contributed by atoms with Crippen molar-refractivity contribution in [1.82, 2.24) is 29.2 Å². The summed E-state index contributed by atoms with van der Waals surface area (Å²) in [6, 6.07) is 6.60. The molecule has 45 heavy (non-hydrogen) atoms. The normalized spacial score (nSPS) is 17.4. The molecular weight excluding hydrogens is 625 g/mol. The summed E-state index contributed by atoms with van der Waals surface area (Å²) in [6.07, 6.45) is 2.92. The Labute approximate surface area is 261 Å². The summed E-state index contributed by atoms with van der Waals surface area (Å²) in [5.74, 6) is 0.0875. The van der Waals surface area contributed by atoms with E-state index in [2.05, 4.69) is 30.2 Å². The molecule has 1 amide bonds. The van der Waals surface area contributed by atoms with E-state index in [4.69, 9.17) is 14.2 Å². The number of ether oxygens (including phenoxy) is 3. The van der Waals surface area contributed by atoms with E-state index in [1.165, 1.54) is 53.5 Å². The quantitative estimate of drug-likeness (QED) is 0.264. The number of aromatic nitrogens is 5. The van der Waals surface area contributed by atoms with Crippen molar-refractivity contribution in [3.63, 3.8) is 0 Å². The number of nitrogens with one attached hydrogen (secondary N) is 1. The van der Waals surface area contributed by atoms with Gasteiger partial charge in [0.25, 0.3) is 0 Å². The summed E-state index contributed by atoms with van der Waals surface area (Å²) in [4.78, 5) is 34.4. The van der Waals surface area contributed by atoms with Gasteiger partial charge in [0.2, 0.25) is 15.9 Å². The molecule has 3 aromatic heterocycles. The molecular formula is C29H28FN7O6S2. The number of sulfonamides is 1. The third-order valence-corrected chi connectivity index (χ3v) is 9.47. The zero-order chi connectivity index (χ0) is 31.9. The molecule has 1 aliphatic heterocycles. The van der Waals surface area contributed by atoms with Gasteiger partial charge in [0.05, 0.1) is 65.4 Å². The molecule has 0 radical (unpaired) electrons. The first kappa shape index (κ1) is 30.5. The van der Waals surface area contributed by atoms with Gasteiger partial charge in [-0.3, -0.25) is 5.32 Å². The van der Waals surface area contributed by atoms with E-state index in [0.29, 0.717) is 43.6 Å². The van der Waals surface area contributed by atoms with Gasteiger partial charge >= 0.3 is 6.09 Å². The summed E-state index contributed by atoms with van der Waals surface area (Å²) in [5, 5.41) is 3.15. The maximum absolute atomic E-state index is 15.5. The number of carbonyl (C=O) groups is 1. The molecule has 1 aliphatic rings. The van der Waals surface area contributed by atoms with Gasteiger partial charge in [0, 0.05) is 30.7 Å². The fourth-order valence-electron chi connectivity index (χ4n) is 4.97. The van der Waals surface area contributed by atoms with Gasteiger partial charge < -0.3 is 14.2 Å². The van der Waals surface area contributed by atoms with Crippen LogP contribution in [0.25, 0.3) is 31.8 Å². The number of hydrogen-bond acceptors (Lipinski definition) is 12. The number of rotatable bonds is 7. The molecule has 5 aromatic rings. The lowest BCUT2D eigenvalue weighted by Crippen LogP contribution is -2.52. The number of halogens is 1. The Kier molecular flexibility index (Phi) is 8.20. The van der Waals surface area contributed by atoms with Gasteiger partial charge in [-0.1, -0.05) is 0 Å². The lowest BCUT2D eigenvalue weighted by molar-refractivity contribution is -0.0137. The molecule has 0 aliphatic carbocycles. The summed E-state index contributed by atoms with van der Waals surface area (Å²) >= 11 is 1.32. The molecule has 16 heteroatoms. The van der Waals surface area contributed by atoms with Crippen molar-refractivity contribution in [3.8, 4) is 22.2 Å². The average molecular weight is 654 g/mol. The van der Waals surface area contributed by atoms with Crippen LogP contribution < -0.4 is 14.8 Å². The minimum atomic E-state index is -3.59. The van der Waals surface area contributed by atoms with Gasteiger partial charge in [0.15, 0.2) is 11.6 Å². The van der Waals surface area contributed by atoms with Crippen LogP contribution in [0, 0.1) is 19.7 Å². The first-order valence-corrected chi connectivity index (χ1v) is 16.4. The Morgan fingerprint density at radius 1 is 1.04 bits per heavy atom. The number of fused-ring (bicyclic) bond motifs is 2. The minimum absolute atomic E-state index is 0.100. The van der Waals surface area contributed by atoms with E-state index in [1.807, 2.05) is 19.1 Å². The second-order valence-corrected chi connectivity index (χ2v) is 13.5. The zero-order valence-electron chi connectivity index (χ0n) is 24.6. The van der Waals surface area contributed by atoms with Gasteiger partial charge in [-0.2, -0.15) is 4.31 Å². The number of amides is 1. The number of nitrogens with zero attached hydrogens (tertiary/aromatic N) is 6. The average Bonchev–Trinajstić information content (AvgIpc) is 3.40. The first-order chi connectivity index (χ1) is 21.5. The van der Waals surface area contributed by atoms with E-state index in [9.17, 15) is 13.2 Å². The molecule has 6 rings (SSSR count). The van der Waals surface area contributed by atoms with Crippen LogP contribution in [-0.4, -0.2) is 82.4 Å². The van der Waals surface area contributed by atoms with Crippen molar-refractivity contribution in [3.05, 3.63) is 60.1 Å². The van der Waals surface area contributed by atoms with Crippen LogP contribution in [0.3, 0.4) is 0 Å². The van der Waals surface area contributed by atoms with Crippen LogP contribution >= 0.6 is 11.3 Å². The number of piperidine rings is 1. The summed E-state index contributed by atoms with van der Waals surface area (Å²) < 4.78 is 58.9. The maximum atomic E-state index is 15.5. The smallest absolute Gasteiger partial charge is 0.412 e. The molecule has 4 heterocycles. The Hall–Kier alpha value is -4.54. The third-order valence-electron chi connectivity index (χ3n) is 7.14. The van der Waals surface area contributed by atoms with Crippen LogP contribution in [-0.2, 0) is 14.8 Å². The fourth-order valence-corrected chi connectivity index (χ4v) is 6.81. The highest BCUT2D eigenvalue weighted by atomic mass is 32.2. The van der Waals surface area contributed by atoms with Crippen molar-refractivity contribution < 1.29 is 31.8 Å². The standard InChI is InChI=1S/C29H28FN7O6S2/c1-15-7-18(27-21(8-15)35-26(41-3)13-33-27)28-36-20-9-19(30)23(10-25(20)44-28)42-24-14-37(45(4,39)40)6-5-22(24)43-29(38)34-17-11-31-16(2)32-12-17/h7-13,22,24H,5-6,14H2,1-4H3,(H,34,38)/t22-,24+/m0/s1. The van der Waals surface area contributed by atoms with Crippen LogP contribution in [0.1, 0.15) is 17.8 Å². The van der Waals surface area contributed by atoms with E-state index < -0.39 is 34.1 Å². The molecule has 0 spiro atoms. The molecule has 2 aromatic carbocycles. The Morgan fingerprint density at radius 2 is 1.82 bits per heavy atom. The number of carbonyl (C=O) groups excluding carboxylic acids is 1. The monoisotopic (exact) mass is 653 g/mol. The van der Waals surface area contributed by atoms with Crippen molar-refractivity contribution in [1.29, 1.82) is 0 Å². The van der Waals surface area contributed by atoms with Gasteiger partial charge in [-0.15, -0.1) is 11.3 Å². The van der Waals surface area contributed by atoms with Gasteiger partial charge in [-0.05, 0) is 31.5 Å². The van der Waals surface area contributed by atoms with Gasteiger partial charge in [0.1, 0.15) is 23.0 Å². The Bertz CT molecular complexity index is 2020. The molecule has 0 saturated carbocycles. The largest absolute Gasteiger partial charge is 0.482 e. The molecule has 0 unspecified atom stereocenters. The van der Waals surface area contributed by atoms with E-state index >= 15 is 4.39 Å². The molecule has 1 N–H and O–H groups in total. The highest BCUT2D eigenvalue weighted by Gasteiger charge is 2.37. The Morgan fingerprint density at radius 3 is 2.56 bits per heavy atom. The zero-order valence-corrected chi connectivity index (χ0v) is 26.3. The van der Waals surface area contributed by atoms with E-state index in [-0.39, 0.29) is 25.3 Å². The van der Waals surface area contributed by atoms with Crippen LogP contribution in [0.2, 0.25) is 0 Å². The number of methoxy groups -OCH3 is 1. The predicted molar refractivity (Wildman–Crippen MR) is 166 cm³/mol. The van der Waals surface area contributed by atoms with Crippen molar-refractivity contribution in [2.24, 2.45) is 0 Å². The van der Waals surface area contributed by atoms with E-state index in [0.717, 1.165) is 17.4 Å². The topological polar surface area (TPSA) is 159 Å². The number of thiazole rings is 1. The lowest BCUT2D eigenvalue weighted by atomic mass is 10.1. The predicted octanol–water partition coefficient (Wildman–Crippen LogP) is 4.49. The molecule has 13 nitrogen and oxygen atoms in total. The van der Waals surface area contributed by atoms with Crippen molar-refractivity contribution in [2.75, 3.05) is 31.8 Å². The lowest BCUT2D eigenvalue weighted by Gasteiger charge is -2.36. The molecule has 0 bridgehead atoms. The van der Waals surface area contributed by atoms with Crippen molar-refractivity contribution >= 4 is 54.4 Å². The summed E-state index contributed by atoms with van der Waals surface area (Å²) in [7, 11) is -2.08. The second-order valence-electron chi connectivity index (χ2n) is 10.5.